The van der Waals surface area contributed by atoms with Crippen molar-refractivity contribution in [1.29, 1.82) is 0 Å². The number of benzene rings is 2. The maximum Gasteiger partial charge on any atom is 0.313 e. The van der Waals surface area contributed by atoms with Crippen LogP contribution in [-0.4, -0.2) is 19.7 Å². The Morgan fingerprint density at radius 1 is 1.23 bits per heavy atom. The Kier molecular flexibility index (Phi) is 4.28. The van der Waals surface area contributed by atoms with E-state index in [0.717, 1.165) is 22.6 Å². The van der Waals surface area contributed by atoms with Gasteiger partial charge >= 0.3 is 5.97 Å². The molecule has 0 spiro atoms. The molecule has 4 nitrogen and oxygen atoms in total. The number of ether oxygens (including phenoxy) is 3. The van der Waals surface area contributed by atoms with E-state index < -0.39 is 0 Å². The molecule has 22 heavy (non-hydrogen) atoms. The fraction of sp³-hybridized carbons (Fsp3) is 0.278. The Morgan fingerprint density at radius 3 is 2.95 bits per heavy atom. The van der Waals surface area contributed by atoms with Crippen LogP contribution in [0.2, 0.25) is 0 Å². The molecular weight excluding hydrogens is 280 g/mol. The molecule has 2 aromatic rings. The van der Waals surface area contributed by atoms with Crippen LogP contribution in [0.5, 0.6) is 11.5 Å². The molecule has 1 atom stereocenters. The molecule has 2 aromatic carbocycles. The van der Waals surface area contributed by atoms with Crippen LogP contribution in [0.1, 0.15) is 11.1 Å². The first-order chi connectivity index (χ1) is 10.8. The third-order valence-electron chi connectivity index (χ3n) is 3.73. The summed E-state index contributed by atoms with van der Waals surface area (Å²) in [6, 6.07) is 15.3. The number of fused-ring (bicyclic) bond motifs is 1. The van der Waals surface area contributed by atoms with Crippen LogP contribution < -0.4 is 9.47 Å². The van der Waals surface area contributed by atoms with E-state index in [9.17, 15) is 4.79 Å². The summed E-state index contributed by atoms with van der Waals surface area (Å²) in [5.74, 6) is 1.14. The molecule has 0 fully saturated rings. The Balaban J connectivity index is 1.59. The number of esters is 1. The smallest absolute Gasteiger partial charge is 0.313 e. The molecule has 3 rings (SSSR count). The quantitative estimate of drug-likeness (QED) is 0.814. The SMILES string of the molecule is COc1cccc(COC(=O)C2COc3ccccc3C2)c1. The third kappa shape index (κ3) is 3.22. The number of hydrogen-bond acceptors (Lipinski definition) is 4. The van der Waals surface area contributed by atoms with Crippen molar-refractivity contribution < 1.29 is 19.0 Å². The summed E-state index contributed by atoms with van der Waals surface area (Å²) in [4.78, 5) is 12.2. The standard InChI is InChI=1S/C18H18O4/c1-20-16-7-4-5-13(9-16)11-22-18(19)15-10-14-6-2-3-8-17(14)21-12-15/h2-9,15H,10-12H2,1H3. The molecule has 0 bridgehead atoms. The van der Waals surface area contributed by atoms with Gasteiger partial charge in [0.2, 0.25) is 0 Å². The van der Waals surface area contributed by atoms with Crippen LogP contribution in [0.4, 0.5) is 0 Å². The Bertz CT molecular complexity index is 666. The molecule has 1 heterocycles. The average Bonchev–Trinajstić information content (AvgIpc) is 2.59. The Labute approximate surface area is 129 Å². The molecule has 1 unspecified atom stereocenters. The van der Waals surface area contributed by atoms with E-state index in [1.807, 2.05) is 48.5 Å². The lowest BCUT2D eigenvalue weighted by atomic mass is 9.97. The maximum atomic E-state index is 12.2. The second-order valence-electron chi connectivity index (χ2n) is 5.28. The van der Waals surface area contributed by atoms with Crippen LogP contribution in [0.3, 0.4) is 0 Å². The number of carbonyl (C=O) groups excluding carboxylic acids is 1. The van der Waals surface area contributed by atoms with Crippen LogP contribution in [0, 0.1) is 5.92 Å². The first-order valence-corrected chi connectivity index (χ1v) is 7.26. The molecule has 0 amide bonds. The highest BCUT2D eigenvalue weighted by molar-refractivity contribution is 5.73. The van der Waals surface area contributed by atoms with Crippen LogP contribution in [0.25, 0.3) is 0 Å². The molecule has 0 N–H and O–H groups in total. The summed E-state index contributed by atoms with van der Waals surface area (Å²) in [6.45, 7) is 0.613. The van der Waals surface area contributed by atoms with E-state index in [4.69, 9.17) is 14.2 Å². The van der Waals surface area contributed by atoms with Gasteiger partial charge in [-0.3, -0.25) is 4.79 Å². The van der Waals surface area contributed by atoms with Gasteiger partial charge in [0.1, 0.15) is 24.7 Å². The van der Waals surface area contributed by atoms with Crippen molar-refractivity contribution >= 4 is 5.97 Å². The molecule has 0 saturated heterocycles. The molecule has 0 radical (unpaired) electrons. The molecular formula is C18H18O4. The lowest BCUT2D eigenvalue weighted by Gasteiger charge is -2.23. The minimum absolute atomic E-state index is 0.225. The predicted molar refractivity (Wildman–Crippen MR) is 81.9 cm³/mol. The van der Waals surface area contributed by atoms with E-state index in [1.54, 1.807) is 7.11 Å². The normalized spacial score (nSPS) is 16.3. The fourth-order valence-corrected chi connectivity index (χ4v) is 2.51. The highest BCUT2D eigenvalue weighted by Gasteiger charge is 2.27. The van der Waals surface area contributed by atoms with Crippen molar-refractivity contribution in [2.75, 3.05) is 13.7 Å². The summed E-state index contributed by atoms with van der Waals surface area (Å²) < 4.78 is 16.2. The number of rotatable bonds is 4. The van der Waals surface area contributed by atoms with Crippen LogP contribution in [-0.2, 0) is 22.6 Å². The van der Waals surface area contributed by atoms with Crippen molar-refractivity contribution in [2.45, 2.75) is 13.0 Å². The molecule has 0 aromatic heterocycles. The summed E-state index contributed by atoms with van der Waals surface area (Å²) in [6.07, 6.45) is 0.660. The van der Waals surface area contributed by atoms with Crippen molar-refractivity contribution in [3.05, 3.63) is 59.7 Å². The largest absolute Gasteiger partial charge is 0.497 e. The maximum absolute atomic E-state index is 12.2. The molecule has 1 aliphatic rings. The average molecular weight is 298 g/mol. The lowest BCUT2D eigenvalue weighted by molar-refractivity contribution is -0.151. The van der Waals surface area contributed by atoms with Gasteiger partial charge < -0.3 is 14.2 Å². The summed E-state index contributed by atoms with van der Waals surface area (Å²) in [7, 11) is 1.61. The van der Waals surface area contributed by atoms with E-state index in [0.29, 0.717) is 13.0 Å². The van der Waals surface area contributed by atoms with E-state index >= 15 is 0 Å². The zero-order valence-corrected chi connectivity index (χ0v) is 12.5. The minimum atomic E-state index is -0.250. The van der Waals surface area contributed by atoms with E-state index in [1.165, 1.54) is 0 Å². The summed E-state index contributed by atoms with van der Waals surface area (Å²) in [5.41, 5.74) is 1.96. The van der Waals surface area contributed by atoms with Crippen molar-refractivity contribution in [1.82, 2.24) is 0 Å². The monoisotopic (exact) mass is 298 g/mol. The van der Waals surface area contributed by atoms with Gasteiger partial charge in [-0.15, -0.1) is 0 Å². The van der Waals surface area contributed by atoms with Gasteiger partial charge in [-0.05, 0) is 35.7 Å². The predicted octanol–water partition coefficient (Wildman–Crippen LogP) is 2.99. The summed E-state index contributed by atoms with van der Waals surface area (Å²) in [5, 5.41) is 0. The highest BCUT2D eigenvalue weighted by Crippen LogP contribution is 2.27. The topological polar surface area (TPSA) is 44.8 Å². The van der Waals surface area contributed by atoms with Gasteiger partial charge in [-0.2, -0.15) is 0 Å². The number of hydrogen-bond donors (Lipinski definition) is 0. The van der Waals surface area contributed by atoms with Crippen LogP contribution in [0.15, 0.2) is 48.5 Å². The second kappa shape index (κ2) is 6.52. The van der Waals surface area contributed by atoms with Gasteiger partial charge in [0.15, 0.2) is 0 Å². The first kappa shape index (κ1) is 14.4. The van der Waals surface area contributed by atoms with E-state index in [2.05, 4.69) is 0 Å². The van der Waals surface area contributed by atoms with Crippen molar-refractivity contribution in [2.24, 2.45) is 5.92 Å². The number of para-hydroxylation sites is 1. The van der Waals surface area contributed by atoms with Gasteiger partial charge in [0.05, 0.1) is 13.0 Å². The molecule has 4 heteroatoms. The van der Waals surface area contributed by atoms with Crippen molar-refractivity contribution in [3.8, 4) is 11.5 Å². The number of carbonyl (C=O) groups is 1. The third-order valence-corrected chi connectivity index (χ3v) is 3.73. The Morgan fingerprint density at radius 2 is 2.09 bits per heavy atom. The molecule has 0 saturated carbocycles. The zero-order valence-electron chi connectivity index (χ0n) is 12.5. The Hall–Kier alpha value is -2.49. The van der Waals surface area contributed by atoms with Gasteiger partial charge in [-0.25, -0.2) is 0 Å². The summed E-state index contributed by atoms with van der Waals surface area (Å²) >= 11 is 0. The van der Waals surface area contributed by atoms with Crippen molar-refractivity contribution in [3.63, 3.8) is 0 Å². The second-order valence-corrected chi connectivity index (χ2v) is 5.28. The van der Waals surface area contributed by atoms with Crippen LogP contribution >= 0.6 is 0 Å². The molecule has 114 valence electrons. The lowest BCUT2D eigenvalue weighted by Crippen LogP contribution is -2.29. The van der Waals surface area contributed by atoms with Gasteiger partial charge in [0, 0.05) is 0 Å². The highest BCUT2D eigenvalue weighted by atomic mass is 16.5. The van der Waals surface area contributed by atoms with Gasteiger partial charge in [0.25, 0.3) is 0 Å². The van der Waals surface area contributed by atoms with E-state index in [-0.39, 0.29) is 18.5 Å². The zero-order chi connectivity index (χ0) is 15.4. The molecule has 1 aliphatic heterocycles. The first-order valence-electron chi connectivity index (χ1n) is 7.26. The minimum Gasteiger partial charge on any atom is -0.497 e. The number of methoxy groups -OCH3 is 1. The molecule has 0 aliphatic carbocycles. The van der Waals surface area contributed by atoms with Gasteiger partial charge in [-0.1, -0.05) is 30.3 Å². The fourth-order valence-electron chi connectivity index (χ4n) is 2.51.